The summed E-state index contributed by atoms with van der Waals surface area (Å²) in [4.78, 5) is 4.20. The Hall–Kier alpha value is -0.940. The van der Waals surface area contributed by atoms with Crippen molar-refractivity contribution in [3.8, 4) is 0 Å². The highest BCUT2D eigenvalue weighted by molar-refractivity contribution is 4.85. The summed E-state index contributed by atoms with van der Waals surface area (Å²) < 4.78 is 10.7. The highest BCUT2D eigenvalue weighted by Gasteiger charge is 2.29. The Morgan fingerprint density at radius 3 is 2.94 bits per heavy atom. The molecule has 0 unspecified atom stereocenters. The Labute approximate surface area is 95.6 Å². The molecule has 90 valence electrons. The van der Waals surface area contributed by atoms with Gasteiger partial charge in [0.05, 0.1) is 6.10 Å². The van der Waals surface area contributed by atoms with Crippen LogP contribution in [0.3, 0.4) is 0 Å². The van der Waals surface area contributed by atoms with E-state index in [0.29, 0.717) is 18.6 Å². The van der Waals surface area contributed by atoms with E-state index in [2.05, 4.69) is 15.5 Å². The van der Waals surface area contributed by atoms with Crippen LogP contribution >= 0.6 is 0 Å². The summed E-state index contributed by atoms with van der Waals surface area (Å²) in [5.41, 5.74) is 0. The van der Waals surface area contributed by atoms with Crippen molar-refractivity contribution in [1.82, 2.24) is 15.5 Å². The van der Waals surface area contributed by atoms with Crippen molar-refractivity contribution >= 4 is 0 Å². The highest BCUT2D eigenvalue weighted by Crippen LogP contribution is 2.29. The van der Waals surface area contributed by atoms with E-state index in [4.69, 9.17) is 9.26 Å². The van der Waals surface area contributed by atoms with Gasteiger partial charge in [-0.05, 0) is 32.4 Å². The summed E-state index contributed by atoms with van der Waals surface area (Å²) in [5, 5.41) is 7.00. The lowest BCUT2D eigenvalue weighted by atomic mass is 9.82. The monoisotopic (exact) mass is 225 g/mol. The van der Waals surface area contributed by atoms with Gasteiger partial charge in [-0.1, -0.05) is 12.1 Å². The van der Waals surface area contributed by atoms with E-state index in [0.717, 1.165) is 37.5 Å². The molecule has 0 spiro atoms. The third-order valence-electron chi connectivity index (χ3n) is 2.95. The van der Waals surface area contributed by atoms with Gasteiger partial charge in [-0.3, -0.25) is 0 Å². The Kier molecular flexibility index (Phi) is 3.90. The molecule has 1 saturated carbocycles. The van der Waals surface area contributed by atoms with E-state index in [-0.39, 0.29) is 0 Å². The molecule has 1 aliphatic rings. The highest BCUT2D eigenvalue weighted by atomic mass is 16.5. The minimum absolute atomic E-state index is 0.371. The molecule has 1 aromatic heterocycles. The molecule has 1 N–H and O–H groups in total. The Balaban J connectivity index is 1.65. The van der Waals surface area contributed by atoms with Crippen molar-refractivity contribution in [1.29, 1.82) is 0 Å². The zero-order chi connectivity index (χ0) is 11.4. The second kappa shape index (κ2) is 5.41. The second-order valence-corrected chi connectivity index (χ2v) is 4.29. The van der Waals surface area contributed by atoms with Crippen LogP contribution in [0, 0.1) is 5.92 Å². The van der Waals surface area contributed by atoms with Gasteiger partial charge in [0.25, 0.3) is 5.89 Å². The molecule has 1 aliphatic carbocycles. The number of aryl methyl sites for hydroxylation is 1. The lowest BCUT2D eigenvalue weighted by Crippen LogP contribution is -2.36. The van der Waals surface area contributed by atoms with Crippen molar-refractivity contribution in [3.05, 3.63) is 11.7 Å². The van der Waals surface area contributed by atoms with Crippen molar-refractivity contribution in [2.24, 2.45) is 5.92 Å². The summed E-state index contributed by atoms with van der Waals surface area (Å²) >= 11 is 0. The van der Waals surface area contributed by atoms with Gasteiger partial charge in [0.1, 0.15) is 6.61 Å². The van der Waals surface area contributed by atoms with Gasteiger partial charge in [-0.15, -0.1) is 0 Å². The molecule has 16 heavy (non-hydrogen) atoms. The van der Waals surface area contributed by atoms with Crippen LogP contribution < -0.4 is 5.32 Å². The van der Waals surface area contributed by atoms with Gasteiger partial charge in [0.15, 0.2) is 5.82 Å². The van der Waals surface area contributed by atoms with E-state index in [1.165, 1.54) is 0 Å². The number of hydrogen-bond acceptors (Lipinski definition) is 5. The first-order chi connectivity index (χ1) is 7.81. The van der Waals surface area contributed by atoms with Gasteiger partial charge < -0.3 is 14.6 Å². The fraction of sp³-hybridized carbons (Fsp3) is 0.818. The van der Waals surface area contributed by atoms with Crippen LogP contribution in [0.2, 0.25) is 0 Å². The fourth-order valence-electron chi connectivity index (χ4n) is 1.95. The molecule has 0 amide bonds. The van der Waals surface area contributed by atoms with Gasteiger partial charge in [-0.25, -0.2) is 0 Å². The zero-order valence-electron chi connectivity index (χ0n) is 9.90. The molecule has 0 aliphatic heterocycles. The van der Waals surface area contributed by atoms with Crippen LogP contribution in [0.4, 0.5) is 0 Å². The first-order valence-electron chi connectivity index (χ1n) is 5.89. The maximum absolute atomic E-state index is 5.67. The third-order valence-corrected chi connectivity index (χ3v) is 2.95. The van der Waals surface area contributed by atoms with Gasteiger partial charge in [-0.2, -0.15) is 4.98 Å². The summed E-state index contributed by atoms with van der Waals surface area (Å²) in [6, 6.07) is 0. The van der Waals surface area contributed by atoms with E-state index in [1.807, 2.05) is 14.0 Å². The molecule has 0 atom stereocenters. The largest absolute Gasteiger partial charge is 0.368 e. The van der Waals surface area contributed by atoms with Gasteiger partial charge in [0, 0.05) is 6.42 Å². The van der Waals surface area contributed by atoms with E-state index in [1.54, 1.807) is 0 Å². The topological polar surface area (TPSA) is 60.2 Å². The lowest BCUT2D eigenvalue weighted by molar-refractivity contribution is -0.0473. The molecule has 1 heterocycles. The summed E-state index contributed by atoms with van der Waals surface area (Å²) in [6.07, 6.45) is 3.44. The second-order valence-electron chi connectivity index (χ2n) is 4.29. The quantitative estimate of drug-likeness (QED) is 0.787. The standard InChI is InChI=1S/C11H19N3O2/c1-3-10-13-11(16-14-10)7-15-9-4-8(5-9)6-12-2/h8-9,12H,3-7H2,1-2H3. The van der Waals surface area contributed by atoms with Gasteiger partial charge >= 0.3 is 0 Å². The fourth-order valence-corrected chi connectivity index (χ4v) is 1.95. The number of nitrogens with zero attached hydrogens (tertiary/aromatic N) is 2. The molecule has 1 fully saturated rings. The molecule has 0 aromatic carbocycles. The summed E-state index contributed by atoms with van der Waals surface area (Å²) in [7, 11) is 1.99. The average Bonchev–Trinajstić information content (AvgIpc) is 2.69. The molecule has 1 aromatic rings. The maximum Gasteiger partial charge on any atom is 0.252 e. The SMILES string of the molecule is CCc1noc(COC2CC(CNC)C2)n1. The minimum atomic E-state index is 0.371. The van der Waals surface area contributed by atoms with Crippen molar-refractivity contribution in [2.45, 2.75) is 38.9 Å². The minimum Gasteiger partial charge on any atom is -0.368 e. The Bertz CT molecular complexity index is 321. The molecular weight excluding hydrogens is 206 g/mol. The summed E-state index contributed by atoms with van der Waals surface area (Å²) in [5.74, 6) is 2.11. The molecule has 2 rings (SSSR count). The van der Waals surface area contributed by atoms with Crippen LogP contribution in [0.5, 0.6) is 0 Å². The van der Waals surface area contributed by atoms with Crippen molar-refractivity contribution in [3.63, 3.8) is 0 Å². The molecular formula is C11H19N3O2. The number of nitrogens with one attached hydrogen (secondary N) is 1. The molecule has 0 saturated heterocycles. The van der Waals surface area contributed by atoms with Crippen molar-refractivity contribution in [2.75, 3.05) is 13.6 Å². The smallest absolute Gasteiger partial charge is 0.252 e. The predicted octanol–water partition coefficient (Wildman–Crippen LogP) is 1.15. The first kappa shape index (κ1) is 11.5. The predicted molar refractivity (Wildman–Crippen MR) is 58.9 cm³/mol. The number of rotatable bonds is 6. The molecule has 5 nitrogen and oxygen atoms in total. The maximum atomic E-state index is 5.67. The van der Waals surface area contributed by atoms with Crippen LogP contribution in [-0.4, -0.2) is 29.8 Å². The molecule has 0 bridgehead atoms. The van der Waals surface area contributed by atoms with E-state index in [9.17, 15) is 0 Å². The number of hydrogen-bond donors (Lipinski definition) is 1. The van der Waals surface area contributed by atoms with Crippen molar-refractivity contribution < 1.29 is 9.26 Å². The molecule has 5 heteroatoms. The van der Waals surface area contributed by atoms with Crippen LogP contribution in [-0.2, 0) is 17.8 Å². The van der Waals surface area contributed by atoms with Crippen LogP contribution in [0.1, 0.15) is 31.5 Å². The van der Waals surface area contributed by atoms with Crippen LogP contribution in [0.25, 0.3) is 0 Å². The van der Waals surface area contributed by atoms with E-state index >= 15 is 0 Å². The number of aromatic nitrogens is 2. The summed E-state index contributed by atoms with van der Waals surface area (Å²) in [6.45, 7) is 3.54. The van der Waals surface area contributed by atoms with E-state index < -0.39 is 0 Å². The molecule has 0 radical (unpaired) electrons. The third kappa shape index (κ3) is 2.80. The Morgan fingerprint density at radius 2 is 2.31 bits per heavy atom. The first-order valence-corrected chi connectivity index (χ1v) is 5.89. The normalized spacial score (nSPS) is 24.4. The average molecular weight is 225 g/mol. The zero-order valence-corrected chi connectivity index (χ0v) is 9.90. The van der Waals surface area contributed by atoms with Crippen LogP contribution in [0.15, 0.2) is 4.52 Å². The number of ether oxygens (including phenoxy) is 1. The lowest BCUT2D eigenvalue weighted by Gasteiger charge is -2.34. The Morgan fingerprint density at radius 1 is 1.50 bits per heavy atom. The van der Waals surface area contributed by atoms with Gasteiger partial charge in [0.2, 0.25) is 0 Å².